The van der Waals surface area contributed by atoms with Gasteiger partial charge in [0, 0.05) is 45.8 Å². The van der Waals surface area contributed by atoms with Crippen molar-refractivity contribution in [2.24, 2.45) is 0 Å². The van der Waals surface area contributed by atoms with Crippen LogP contribution in [0.2, 0.25) is 0 Å². The number of rotatable bonds is 8. The summed E-state index contributed by atoms with van der Waals surface area (Å²) in [5, 5.41) is 12.4. The molecule has 0 spiro atoms. The number of hydroxylamine groups is 2. The second-order valence-corrected chi connectivity index (χ2v) is 7.46. The van der Waals surface area contributed by atoms with Gasteiger partial charge in [-0.3, -0.25) is 9.74 Å². The Labute approximate surface area is 162 Å². The largest absolute Gasteiger partial charge is 0.493 e. The number of likely N-dealkylation sites (N-methyl/N-ethyl adjacent to an activating group) is 1. The molecule has 2 fully saturated rings. The molecule has 152 valence electrons. The van der Waals surface area contributed by atoms with Gasteiger partial charge in [-0.2, -0.15) is 5.06 Å². The Balaban J connectivity index is 1.52. The summed E-state index contributed by atoms with van der Waals surface area (Å²) >= 11 is 0. The summed E-state index contributed by atoms with van der Waals surface area (Å²) in [7, 11) is 3.77. The maximum Gasteiger partial charge on any atom is 0.161 e. The summed E-state index contributed by atoms with van der Waals surface area (Å²) in [6, 6.07) is 5.94. The van der Waals surface area contributed by atoms with Crippen molar-refractivity contribution in [3.63, 3.8) is 0 Å². The molecule has 1 N–H and O–H groups in total. The van der Waals surface area contributed by atoms with E-state index < -0.39 is 6.10 Å². The Kier molecular flexibility index (Phi) is 7.72. The standard InChI is InChI=1S/C20H33N3O4/c1-21-8-10-22(11-9-21)15-18(24)16-26-20-13-17(5-6-19(20)25-2)14-23-7-3-4-12-27-23/h5-6,13,18,24H,3-4,7-12,14-16H2,1-2H3/t18-/m0/s1. The quantitative estimate of drug-likeness (QED) is 0.729. The van der Waals surface area contributed by atoms with Gasteiger partial charge in [-0.25, -0.2) is 0 Å². The SMILES string of the molecule is COc1ccc(CN2CCCCO2)cc1OC[C@@H](O)CN1CCN(C)CC1. The third kappa shape index (κ3) is 6.33. The number of nitrogens with zero attached hydrogens (tertiary/aromatic N) is 3. The predicted octanol–water partition coefficient (Wildman–Crippen LogP) is 1.21. The Bertz CT molecular complexity index is 572. The van der Waals surface area contributed by atoms with Gasteiger partial charge >= 0.3 is 0 Å². The van der Waals surface area contributed by atoms with Gasteiger partial charge < -0.3 is 19.5 Å². The Morgan fingerprint density at radius 3 is 2.63 bits per heavy atom. The van der Waals surface area contributed by atoms with Crippen LogP contribution in [0.5, 0.6) is 11.5 Å². The number of ether oxygens (including phenoxy) is 2. The van der Waals surface area contributed by atoms with Crippen LogP contribution in [0.25, 0.3) is 0 Å². The third-order valence-corrected chi connectivity index (χ3v) is 5.16. The molecular formula is C20H33N3O4. The number of piperazine rings is 1. The fourth-order valence-corrected chi connectivity index (χ4v) is 3.48. The van der Waals surface area contributed by atoms with Crippen LogP contribution in [0.3, 0.4) is 0 Å². The second kappa shape index (κ2) is 10.2. The van der Waals surface area contributed by atoms with Gasteiger partial charge in [-0.15, -0.1) is 0 Å². The van der Waals surface area contributed by atoms with Crippen molar-refractivity contribution in [2.75, 3.05) is 66.6 Å². The molecule has 0 radical (unpaired) electrons. The number of benzene rings is 1. The molecule has 2 saturated heterocycles. The van der Waals surface area contributed by atoms with Crippen molar-refractivity contribution >= 4 is 0 Å². The highest BCUT2D eigenvalue weighted by molar-refractivity contribution is 5.43. The van der Waals surface area contributed by atoms with Gasteiger partial charge in [-0.05, 0) is 37.6 Å². The summed E-state index contributed by atoms with van der Waals surface area (Å²) < 4.78 is 11.3. The summed E-state index contributed by atoms with van der Waals surface area (Å²) in [5.74, 6) is 1.36. The molecule has 3 rings (SSSR count). The number of aliphatic hydroxyl groups is 1. The molecular weight excluding hydrogens is 346 g/mol. The monoisotopic (exact) mass is 379 g/mol. The fraction of sp³-hybridized carbons (Fsp3) is 0.700. The van der Waals surface area contributed by atoms with Crippen LogP contribution in [-0.4, -0.2) is 92.7 Å². The highest BCUT2D eigenvalue weighted by atomic mass is 16.7. The third-order valence-electron chi connectivity index (χ3n) is 5.16. The van der Waals surface area contributed by atoms with Crippen molar-refractivity contribution in [1.29, 1.82) is 0 Å². The van der Waals surface area contributed by atoms with Crippen LogP contribution in [0.4, 0.5) is 0 Å². The van der Waals surface area contributed by atoms with Gasteiger partial charge in [0.15, 0.2) is 11.5 Å². The molecule has 2 aliphatic heterocycles. The van der Waals surface area contributed by atoms with E-state index in [2.05, 4.69) is 16.8 Å². The predicted molar refractivity (Wildman–Crippen MR) is 104 cm³/mol. The molecule has 0 unspecified atom stereocenters. The van der Waals surface area contributed by atoms with E-state index in [1.165, 1.54) is 0 Å². The van der Waals surface area contributed by atoms with E-state index in [0.29, 0.717) is 18.0 Å². The number of hydrogen-bond donors (Lipinski definition) is 1. The lowest BCUT2D eigenvalue weighted by Crippen LogP contribution is -2.47. The van der Waals surface area contributed by atoms with Crippen LogP contribution >= 0.6 is 0 Å². The van der Waals surface area contributed by atoms with Crippen molar-refractivity contribution < 1.29 is 19.4 Å². The Morgan fingerprint density at radius 1 is 1.11 bits per heavy atom. The van der Waals surface area contributed by atoms with Crippen molar-refractivity contribution in [2.45, 2.75) is 25.5 Å². The molecule has 27 heavy (non-hydrogen) atoms. The lowest BCUT2D eigenvalue weighted by molar-refractivity contribution is -0.187. The molecule has 7 nitrogen and oxygen atoms in total. The molecule has 1 atom stereocenters. The van der Waals surface area contributed by atoms with Gasteiger partial charge in [0.05, 0.1) is 13.7 Å². The van der Waals surface area contributed by atoms with Crippen molar-refractivity contribution in [3.05, 3.63) is 23.8 Å². The van der Waals surface area contributed by atoms with Crippen molar-refractivity contribution in [3.8, 4) is 11.5 Å². The Hall–Kier alpha value is -1.38. The lowest BCUT2D eigenvalue weighted by atomic mass is 10.2. The molecule has 0 saturated carbocycles. The van der Waals surface area contributed by atoms with Gasteiger partial charge in [0.25, 0.3) is 0 Å². The van der Waals surface area contributed by atoms with E-state index in [4.69, 9.17) is 14.3 Å². The molecule has 2 aliphatic rings. The fourth-order valence-electron chi connectivity index (χ4n) is 3.48. The zero-order valence-electron chi connectivity index (χ0n) is 16.6. The summed E-state index contributed by atoms with van der Waals surface area (Å²) in [6.45, 7) is 7.42. The summed E-state index contributed by atoms with van der Waals surface area (Å²) in [4.78, 5) is 10.3. The van der Waals surface area contributed by atoms with Crippen molar-refractivity contribution in [1.82, 2.24) is 14.9 Å². The molecule has 0 bridgehead atoms. The number of methoxy groups -OCH3 is 1. The highest BCUT2D eigenvalue weighted by Gasteiger charge is 2.18. The molecule has 0 aromatic heterocycles. The topological polar surface area (TPSA) is 57.6 Å². The second-order valence-electron chi connectivity index (χ2n) is 7.46. The first-order valence-corrected chi connectivity index (χ1v) is 9.90. The lowest BCUT2D eigenvalue weighted by Gasteiger charge is -2.33. The zero-order valence-corrected chi connectivity index (χ0v) is 16.6. The number of aliphatic hydroxyl groups excluding tert-OH is 1. The summed E-state index contributed by atoms with van der Waals surface area (Å²) in [6.07, 6.45) is 1.77. The molecule has 1 aromatic rings. The van der Waals surface area contributed by atoms with E-state index in [-0.39, 0.29) is 6.61 Å². The first-order valence-electron chi connectivity index (χ1n) is 9.90. The molecule has 0 amide bonds. The minimum Gasteiger partial charge on any atom is -0.493 e. The maximum atomic E-state index is 10.4. The first-order chi connectivity index (χ1) is 13.1. The van der Waals surface area contributed by atoms with E-state index in [1.807, 2.05) is 23.3 Å². The van der Waals surface area contributed by atoms with Crippen LogP contribution < -0.4 is 9.47 Å². The van der Waals surface area contributed by atoms with E-state index in [9.17, 15) is 5.11 Å². The minimum absolute atomic E-state index is 0.256. The van der Waals surface area contributed by atoms with Crippen LogP contribution in [0, 0.1) is 0 Å². The average Bonchev–Trinajstić information content (AvgIpc) is 2.69. The van der Waals surface area contributed by atoms with Gasteiger partial charge in [-0.1, -0.05) is 6.07 Å². The average molecular weight is 380 g/mol. The van der Waals surface area contributed by atoms with Crippen LogP contribution in [0.1, 0.15) is 18.4 Å². The minimum atomic E-state index is -0.521. The number of hydrogen-bond acceptors (Lipinski definition) is 7. The zero-order chi connectivity index (χ0) is 19.1. The maximum absolute atomic E-state index is 10.4. The summed E-state index contributed by atoms with van der Waals surface area (Å²) in [5.41, 5.74) is 1.11. The Morgan fingerprint density at radius 2 is 1.93 bits per heavy atom. The molecule has 1 aromatic carbocycles. The molecule has 7 heteroatoms. The van der Waals surface area contributed by atoms with Gasteiger partial charge in [0.1, 0.15) is 12.7 Å². The molecule has 2 heterocycles. The van der Waals surface area contributed by atoms with E-state index in [0.717, 1.165) is 64.3 Å². The van der Waals surface area contributed by atoms with Gasteiger partial charge in [0.2, 0.25) is 0 Å². The van der Waals surface area contributed by atoms with Crippen LogP contribution in [0.15, 0.2) is 18.2 Å². The first kappa shape index (κ1) is 20.4. The van der Waals surface area contributed by atoms with E-state index >= 15 is 0 Å². The normalized spacial score (nSPS) is 21.1. The highest BCUT2D eigenvalue weighted by Crippen LogP contribution is 2.29. The molecule has 0 aliphatic carbocycles. The smallest absolute Gasteiger partial charge is 0.161 e. The van der Waals surface area contributed by atoms with Crippen LogP contribution in [-0.2, 0) is 11.4 Å². The number of β-amino-alcohol motifs (C(OH)–C–C–N with tert-alkyl or cyclic N) is 1. The van der Waals surface area contributed by atoms with E-state index in [1.54, 1.807) is 7.11 Å².